The van der Waals surface area contributed by atoms with E-state index >= 15 is 0 Å². The van der Waals surface area contributed by atoms with Crippen LogP contribution in [0.2, 0.25) is 0 Å². The molecule has 21 heavy (non-hydrogen) atoms. The first kappa shape index (κ1) is 18.9. The lowest BCUT2D eigenvalue weighted by molar-refractivity contribution is 0.0741. The van der Waals surface area contributed by atoms with Gasteiger partial charge in [0.25, 0.3) is 0 Å². The van der Waals surface area contributed by atoms with Crippen molar-refractivity contribution in [3.63, 3.8) is 0 Å². The van der Waals surface area contributed by atoms with E-state index in [1.165, 1.54) is 58.0 Å². The van der Waals surface area contributed by atoms with Crippen LogP contribution in [0.4, 0.5) is 0 Å². The van der Waals surface area contributed by atoms with Crippen LogP contribution in [-0.4, -0.2) is 50.8 Å². The van der Waals surface area contributed by atoms with Crippen LogP contribution in [0, 0.1) is 5.41 Å². The molecule has 1 rings (SSSR count). The second-order valence-corrected chi connectivity index (χ2v) is 7.15. The largest absolute Gasteiger partial charge is 0.383 e. The molecule has 0 aromatic rings. The number of ether oxygens (including phenoxy) is 1. The van der Waals surface area contributed by atoms with E-state index in [1.54, 1.807) is 0 Å². The summed E-state index contributed by atoms with van der Waals surface area (Å²) in [5, 5.41) is 3.72. The van der Waals surface area contributed by atoms with Gasteiger partial charge in [0.2, 0.25) is 0 Å². The third kappa shape index (κ3) is 7.12. The number of hydrogen-bond donors (Lipinski definition) is 1. The van der Waals surface area contributed by atoms with E-state index in [0.29, 0.717) is 11.5 Å². The van der Waals surface area contributed by atoms with Gasteiger partial charge in [-0.1, -0.05) is 32.6 Å². The van der Waals surface area contributed by atoms with E-state index in [0.717, 1.165) is 19.7 Å². The molecule has 0 radical (unpaired) electrons. The highest BCUT2D eigenvalue weighted by atomic mass is 16.5. The summed E-state index contributed by atoms with van der Waals surface area (Å²) in [6.07, 6.45) is 9.67. The molecule has 0 amide bonds. The molecule has 0 aromatic carbocycles. The maximum Gasteiger partial charge on any atom is 0.0589 e. The zero-order chi connectivity index (χ0) is 15.6. The molecule has 0 saturated heterocycles. The predicted octanol–water partition coefficient (Wildman–Crippen LogP) is 3.68. The smallest absolute Gasteiger partial charge is 0.0589 e. The summed E-state index contributed by atoms with van der Waals surface area (Å²) in [5.74, 6) is 0. The van der Waals surface area contributed by atoms with E-state index in [2.05, 4.69) is 31.0 Å². The second-order valence-electron chi connectivity index (χ2n) is 7.15. The zero-order valence-corrected chi connectivity index (χ0v) is 14.9. The minimum atomic E-state index is 0.476. The van der Waals surface area contributed by atoms with Gasteiger partial charge in [-0.25, -0.2) is 0 Å². The number of nitrogens with one attached hydrogen (secondary N) is 1. The van der Waals surface area contributed by atoms with Gasteiger partial charge in [0.1, 0.15) is 0 Å². The standard InChI is InChI=1S/C18H38N2O/c1-5-12-19-15-18(10-8-6-7-9-11-18)16-20(17(2)3)13-14-21-4/h17,19H,5-16H2,1-4H3. The van der Waals surface area contributed by atoms with Gasteiger partial charge < -0.3 is 10.1 Å². The van der Waals surface area contributed by atoms with Crippen LogP contribution >= 0.6 is 0 Å². The fourth-order valence-electron chi connectivity index (χ4n) is 3.56. The van der Waals surface area contributed by atoms with E-state index in [9.17, 15) is 0 Å². The van der Waals surface area contributed by atoms with Crippen LogP contribution in [0.15, 0.2) is 0 Å². The molecule has 0 unspecified atom stereocenters. The van der Waals surface area contributed by atoms with Gasteiger partial charge in [0, 0.05) is 32.8 Å². The Kier molecular flexibility index (Phi) is 9.54. The maximum atomic E-state index is 5.31. The summed E-state index contributed by atoms with van der Waals surface area (Å²) >= 11 is 0. The molecular weight excluding hydrogens is 260 g/mol. The lowest BCUT2D eigenvalue weighted by Crippen LogP contribution is -2.47. The monoisotopic (exact) mass is 298 g/mol. The molecular formula is C18H38N2O. The molecule has 1 saturated carbocycles. The number of hydrogen-bond acceptors (Lipinski definition) is 3. The van der Waals surface area contributed by atoms with Crippen LogP contribution < -0.4 is 5.32 Å². The molecule has 1 N–H and O–H groups in total. The highest BCUT2D eigenvalue weighted by Gasteiger charge is 2.33. The zero-order valence-electron chi connectivity index (χ0n) is 14.9. The van der Waals surface area contributed by atoms with E-state index < -0.39 is 0 Å². The van der Waals surface area contributed by atoms with Crippen LogP contribution in [0.3, 0.4) is 0 Å². The number of nitrogens with zero attached hydrogens (tertiary/aromatic N) is 1. The van der Waals surface area contributed by atoms with Crippen molar-refractivity contribution in [3.8, 4) is 0 Å². The summed E-state index contributed by atoms with van der Waals surface area (Å²) < 4.78 is 5.31. The topological polar surface area (TPSA) is 24.5 Å². The minimum Gasteiger partial charge on any atom is -0.383 e. The lowest BCUT2D eigenvalue weighted by atomic mass is 9.79. The Hall–Kier alpha value is -0.120. The van der Waals surface area contributed by atoms with Crippen molar-refractivity contribution in [1.82, 2.24) is 10.2 Å². The quantitative estimate of drug-likeness (QED) is 0.492. The Balaban J connectivity index is 2.67. The molecule has 3 nitrogen and oxygen atoms in total. The third-order valence-electron chi connectivity index (χ3n) is 4.94. The summed E-state index contributed by atoms with van der Waals surface area (Å²) in [4.78, 5) is 2.63. The molecule has 0 atom stereocenters. The molecule has 1 aliphatic carbocycles. The van der Waals surface area contributed by atoms with Crippen LogP contribution in [0.1, 0.15) is 65.7 Å². The average Bonchev–Trinajstić information content (AvgIpc) is 2.69. The van der Waals surface area contributed by atoms with Gasteiger partial charge >= 0.3 is 0 Å². The van der Waals surface area contributed by atoms with E-state index in [-0.39, 0.29) is 0 Å². The first-order valence-electron chi connectivity index (χ1n) is 9.07. The normalized spacial score (nSPS) is 19.1. The third-order valence-corrected chi connectivity index (χ3v) is 4.94. The van der Waals surface area contributed by atoms with Gasteiger partial charge in [-0.15, -0.1) is 0 Å². The maximum absolute atomic E-state index is 5.31. The van der Waals surface area contributed by atoms with Crippen molar-refractivity contribution in [3.05, 3.63) is 0 Å². The predicted molar refractivity (Wildman–Crippen MR) is 91.9 cm³/mol. The minimum absolute atomic E-state index is 0.476. The summed E-state index contributed by atoms with van der Waals surface area (Å²) in [6, 6.07) is 0.603. The Bertz CT molecular complexity index is 248. The Morgan fingerprint density at radius 3 is 2.33 bits per heavy atom. The molecule has 126 valence electrons. The van der Waals surface area contributed by atoms with Crippen LogP contribution in [-0.2, 0) is 4.74 Å². The summed E-state index contributed by atoms with van der Waals surface area (Å²) in [5.41, 5.74) is 0.476. The molecule has 0 spiro atoms. The fourth-order valence-corrected chi connectivity index (χ4v) is 3.56. The molecule has 0 heterocycles. The summed E-state index contributed by atoms with van der Waals surface area (Å²) in [6.45, 7) is 12.4. The first-order chi connectivity index (χ1) is 10.1. The van der Waals surface area contributed by atoms with Gasteiger partial charge in [-0.05, 0) is 45.1 Å². The Labute approximate surface area is 132 Å². The molecule has 0 bridgehead atoms. The molecule has 1 aliphatic rings. The highest BCUT2D eigenvalue weighted by molar-refractivity contribution is 4.87. The van der Waals surface area contributed by atoms with Gasteiger partial charge in [-0.3, -0.25) is 4.90 Å². The fraction of sp³-hybridized carbons (Fsp3) is 1.00. The first-order valence-corrected chi connectivity index (χ1v) is 9.07. The van der Waals surface area contributed by atoms with Gasteiger partial charge in [0.05, 0.1) is 6.61 Å². The Morgan fingerprint density at radius 2 is 1.81 bits per heavy atom. The lowest BCUT2D eigenvalue weighted by Gasteiger charge is -2.40. The van der Waals surface area contributed by atoms with Crippen molar-refractivity contribution in [2.45, 2.75) is 71.8 Å². The van der Waals surface area contributed by atoms with Crippen LogP contribution in [0.5, 0.6) is 0 Å². The van der Waals surface area contributed by atoms with Gasteiger partial charge in [0.15, 0.2) is 0 Å². The van der Waals surface area contributed by atoms with Crippen molar-refractivity contribution in [2.75, 3.05) is 39.9 Å². The SMILES string of the molecule is CCCNCC1(CN(CCOC)C(C)C)CCCCCC1. The van der Waals surface area contributed by atoms with Gasteiger partial charge in [-0.2, -0.15) is 0 Å². The number of rotatable bonds is 10. The molecule has 0 aromatic heterocycles. The van der Waals surface area contributed by atoms with Crippen molar-refractivity contribution in [1.29, 1.82) is 0 Å². The van der Waals surface area contributed by atoms with Crippen molar-refractivity contribution < 1.29 is 4.74 Å². The summed E-state index contributed by atoms with van der Waals surface area (Å²) in [7, 11) is 1.81. The number of methoxy groups -OCH3 is 1. The molecule has 0 aliphatic heterocycles. The van der Waals surface area contributed by atoms with Crippen molar-refractivity contribution in [2.24, 2.45) is 5.41 Å². The van der Waals surface area contributed by atoms with Crippen LogP contribution in [0.25, 0.3) is 0 Å². The van der Waals surface area contributed by atoms with E-state index in [1.807, 2.05) is 7.11 Å². The Morgan fingerprint density at radius 1 is 1.14 bits per heavy atom. The molecule has 3 heteroatoms. The van der Waals surface area contributed by atoms with E-state index in [4.69, 9.17) is 4.74 Å². The average molecular weight is 299 g/mol. The van der Waals surface area contributed by atoms with Crippen molar-refractivity contribution >= 4 is 0 Å². The second kappa shape index (κ2) is 10.6. The molecule has 1 fully saturated rings. The highest BCUT2D eigenvalue weighted by Crippen LogP contribution is 2.35.